The van der Waals surface area contributed by atoms with Gasteiger partial charge in [0, 0.05) is 28.4 Å². The third-order valence-corrected chi connectivity index (χ3v) is 4.99. The zero-order valence-corrected chi connectivity index (χ0v) is 18.2. The molecule has 1 N–H and O–H groups in total. The number of nitrogens with zero attached hydrogens (tertiary/aromatic N) is 3. The summed E-state index contributed by atoms with van der Waals surface area (Å²) in [5.74, 6) is 2.64. The van der Waals surface area contributed by atoms with Gasteiger partial charge in [0.05, 0.1) is 45.8 Å². The van der Waals surface area contributed by atoms with Crippen molar-refractivity contribution >= 4 is 28.8 Å². The highest BCUT2D eigenvalue weighted by Gasteiger charge is 2.15. The molecular weight excluding hydrogens is 420 g/mol. The standard InChI is InChI=1S/C22H21ClN4O4/c1-28-18-8-5-13(23)9-16(18)17-7-6-15-12-24-22(26-27(15)17)25-14-10-19(29-2)21(31-4)20(11-14)30-3/h5-12H,1-4H3,(H,25,26). The number of nitrogens with one attached hydrogen (secondary N) is 1. The largest absolute Gasteiger partial charge is 0.496 e. The molecular formula is C22H21ClN4O4. The van der Waals surface area contributed by atoms with Gasteiger partial charge in [-0.2, -0.15) is 0 Å². The molecule has 0 aliphatic carbocycles. The van der Waals surface area contributed by atoms with Crippen LogP contribution in [0.5, 0.6) is 23.0 Å². The van der Waals surface area contributed by atoms with Gasteiger partial charge in [-0.1, -0.05) is 11.6 Å². The maximum atomic E-state index is 6.22. The number of hydrogen-bond acceptors (Lipinski definition) is 7. The predicted octanol–water partition coefficient (Wildman–Crippen LogP) is 4.83. The topological polar surface area (TPSA) is 79.1 Å². The maximum absolute atomic E-state index is 6.22. The number of hydrogen-bond donors (Lipinski definition) is 1. The van der Waals surface area contributed by atoms with Crippen molar-refractivity contribution in [3.8, 4) is 34.3 Å². The number of halogens is 1. The van der Waals surface area contributed by atoms with E-state index in [4.69, 9.17) is 30.5 Å². The van der Waals surface area contributed by atoms with Gasteiger partial charge >= 0.3 is 0 Å². The highest BCUT2D eigenvalue weighted by atomic mass is 35.5. The summed E-state index contributed by atoms with van der Waals surface area (Å²) in [6.45, 7) is 0. The predicted molar refractivity (Wildman–Crippen MR) is 119 cm³/mol. The lowest BCUT2D eigenvalue weighted by Gasteiger charge is -2.14. The summed E-state index contributed by atoms with van der Waals surface area (Å²) in [6.07, 6.45) is 1.73. The van der Waals surface area contributed by atoms with E-state index in [1.165, 1.54) is 0 Å². The van der Waals surface area contributed by atoms with Crippen molar-refractivity contribution in [1.29, 1.82) is 0 Å². The van der Waals surface area contributed by atoms with Crippen LogP contribution in [-0.4, -0.2) is 43.0 Å². The van der Waals surface area contributed by atoms with Crippen molar-refractivity contribution in [2.45, 2.75) is 0 Å². The van der Waals surface area contributed by atoms with Crippen LogP contribution in [0.4, 0.5) is 11.6 Å². The summed E-state index contributed by atoms with van der Waals surface area (Å²) in [7, 11) is 6.30. The van der Waals surface area contributed by atoms with Crippen LogP contribution in [0.2, 0.25) is 5.02 Å². The fourth-order valence-electron chi connectivity index (χ4n) is 3.33. The second-order valence-corrected chi connectivity index (χ2v) is 6.96. The Hall–Kier alpha value is -3.65. The molecule has 0 radical (unpaired) electrons. The van der Waals surface area contributed by atoms with E-state index in [1.807, 2.05) is 24.3 Å². The first kappa shape index (κ1) is 20.6. The van der Waals surface area contributed by atoms with Gasteiger partial charge in [-0.15, -0.1) is 5.10 Å². The minimum atomic E-state index is 0.389. The molecule has 0 spiro atoms. The van der Waals surface area contributed by atoms with E-state index >= 15 is 0 Å². The van der Waals surface area contributed by atoms with Crippen molar-refractivity contribution in [3.63, 3.8) is 0 Å². The van der Waals surface area contributed by atoms with Crippen LogP contribution in [0, 0.1) is 0 Å². The Balaban J connectivity index is 1.76. The van der Waals surface area contributed by atoms with Crippen LogP contribution >= 0.6 is 11.6 Å². The Kier molecular flexibility index (Phi) is 5.73. The summed E-state index contributed by atoms with van der Waals surface area (Å²) < 4.78 is 23.5. The third-order valence-electron chi connectivity index (χ3n) is 4.76. The van der Waals surface area contributed by atoms with Crippen LogP contribution in [0.15, 0.2) is 48.7 Å². The molecule has 160 valence electrons. The Morgan fingerprint density at radius 1 is 0.839 bits per heavy atom. The first-order valence-electron chi connectivity index (χ1n) is 9.33. The number of rotatable bonds is 7. The van der Waals surface area contributed by atoms with Crippen molar-refractivity contribution in [1.82, 2.24) is 14.6 Å². The van der Waals surface area contributed by atoms with Crippen LogP contribution < -0.4 is 24.3 Å². The highest BCUT2D eigenvalue weighted by molar-refractivity contribution is 6.31. The molecule has 0 bridgehead atoms. The van der Waals surface area contributed by atoms with Crippen LogP contribution in [0.1, 0.15) is 0 Å². The maximum Gasteiger partial charge on any atom is 0.245 e. The van der Waals surface area contributed by atoms with E-state index in [0.29, 0.717) is 39.7 Å². The van der Waals surface area contributed by atoms with Gasteiger partial charge < -0.3 is 24.3 Å². The summed E-state index contributed by atoms with van der Waals surface area (Å²) >= 11 is 6.22. The van der Waals surface area contributed by atoms with Gasteiger partial charge in [0.25, 0.3) is 0 Å². The smallest absolute Gasteiger partial charge is 0.245 e. The molecule has 8 nitrogen and oxygen atoms in total. The molecule has 0 fully saturated rings. The van der Waals surface area contributed by atoms with Crippen LogP contribution in [0.25, 0.3) is 16.8 Å². The normalized spacial score (nSPS) is 10.7. The molecule has 0 saturated heterocycles. The molecule has 2 heterocycles. The Bertz CT molecular complexity index is 1220. The van der Waals surface area contributed by atoms with E-state index in [9.17, 15) is 0 Å². The Labute approximate surface area is 184 Å². The van der Waals surface area contributed by atoms with E-state index in [1.54, 1.807) is 57.4 Å². The molecule has 0 aliphatic rings. The SMILES string of the molecule is COc1ccc(Cl)cc1-c1ccc2cnc(Nc3cc(OC)c(OC)c(OC)c3)nn12. The average Bonchev–Trinajstić information content (AvgIpc) is 3.21. The zero-order chi connectivity index (χ0) is 22.0. The molecule has 4 aromatic rings. The van der Waals surface area contributed by atoms with Crippen molar-refractivity contribution < 1.29 is 18.9 Å². The second-order valence-electron chi connectivity index (χ2n) is 6.52. The van der Waals surface area contributed by atoms with Gasteiger partial charge in [-0.25, -0.2) is 9.50 Å². The molecule has 2 aromatic heterocycles. The lowest BCUT2D eigenvalue weighted by atomic mass is 10.1. The Morgan fingerprint density at radius 3 is 2.19 bits per heavy atom. The lowest BCUT2D eigenvalue weighted by Crippen LogP contribution is -2.04. The molecule has 0 atom stereocenters. The molecule has 4 rings (SSSR count). The van der Waals surface area contributed by atoms with E-state index in [-0.39, 0.29) is 0 Å². The first-order chi connectivity index (χ1) is 15.1. The molecule has 9 heteroatoms. The molecule has 0 unspecified atom stereocenters. The molecule has 0 saturated carbocycles. The van der Waals surface area contributed by atoms with Gasteiger partial charge in [-0.3, -0.25) is 0 Å². The van der Waals surface area contributed by atoms with Gasteiger partial charge in [-0.05, 0) is 30.3 Å². The van der Waals surface area contributed by atoms with Crippen molar-refractivity contribution in [2.24, 2.45) is 0 Å². The summed E-state index contributed by atoms with van der Waals surface area (Å²) in [4.78, 5) is 4.41. The van der Waals surface area contributed by atoms with Gasteiger partial charge in [0.15, 0.2) is 11.5 Å². The lowest BCUT2D eigenvalue weighted by molar-refractivity contribution is 0.324. The highest BCUT2D eigenvalue weighted by Crippen LogP contribution is 2.40. The van der Waals surface area contributed by atoms with Crippen molar-refractivity contribution in [2.75, 3.05) is 33.8 Å². The van der Waals surface area contributed by atoms with E-state index in [2.05, 4.69) is 15.4 Å². The quantitative estimate of drug-likeness (QED) is 0.441. The number of fused-ring (bicyclic) bond motifs is 1. The van der Waals surface area contributed by atoms with Crippen LogP contribution in [0.3, 0.4) is 0 Å². The van der Waals surface area contributed by atoms with Gasteiger partial charge in [0.2, 0.25) is 11.7 Å². The van der Waals surface area contributed by atoms with Crippen molar-refractivity contribution in [3.05, 3.63) is 53.7 Å². The Morgan fingerprint density at radius 2 is 1.55 bits per heavy atom. The van der Waals surface area contributed by atoms with E-state index < -0.39 is 0 Å². The minimum absolute atomic E-state index is 0.389. The fraction of sp³-hybridized carbons (Fsp3) is 0.182. The number of ether oxygens (including phenoxy) is 4. The third kappa shape index (κ3) is 3.89. The molecule has 0 amide bonds. The second kappa shape index (κ2) is 8.61. The number of anilines is 2. The minimum Gasteiger partial charge on any atom is -0.496 e. The molecule has 2 aromatic carbocycles. The van der Waals surface area contributed by atoms with E-state index in [0.717, 1.165) is 16.8 Å². The van der Waals surface area contributed by atoms with Gasteiger partial charge in [0.1, 0.15) is 5.75 Å². The number of benzene rings is 2. The fourth-order valence-corrected chi connectivity index (χ4v) is 3.50. The number of aromatic nitrogens is 3. The molecule has 0 aliphatic heterocycles. The average molecular weight is 441 g/mol. The summed E-state index contributed by atoms with van der Waals surface area (Å²) in [5, 5.41) is 8.44. The summed E-state index contributed by atoms with van der Waals surface area (Å²) in [5.41, 5.74) is 3.16. The first-order valence-corrected chi connectivity index (χ1v) is 9.71. The zero-order valence-electron chi connectivity index (χ0n) is 17.5. The number of methoxy groups -OCH3 is 4. The summed E-state index contributed by atoms with van der Waals surface area (Å²) in [6, 6.07) is 12.9. The monoisotopic (exact) mass is 440 g/mol. The molecule has 31 heavy (non-hydrogen) atoms. The van der Waals surface area contributed by atoms with Crippen LogP contribution in [-0.2, 0) is 0 Å².